The van der Waals surface area contributed by atoms with Crippen molar-refractivity contribution in [2.24, 2.45) is 17.8 Å². The Hall–Kier alpha value is -11.2. The summed E-state index contributed by atoms with van der Waals surface area (Å²) in [5.74, 6) is -1.94. The number of nitrogens with one attached hydrogen (secondary N) is 7. The summed E-state index contributed by atoms with van der Waals surface area (Å²) in [4.78, 5) is 151. The topological polar surface area (TPSA) is 323 Å². The number of nitrogens with zero attached hydrogens (tertiary/aromatic N) is 5. The molecule has 9 N–H and O–H groups in total. The number of aldehydes is 1. The van der Waals surface area contributed by atoms with Gasteiger partial charge in [0.2, 0.25) is 35.4 Å². The first-order valence-corrected chi connectivity index (χ1v) is 38.0. The highest BCUT2D eigenvalue weighted by Gasteiger charge is 2.60. The van der Waals surface area contributed by atoms with Crippen molar-refractivity contribution in [3.8, 4) is 0 Å². The van der Waals surface area contributed by atoms with Crippen LogP contribution in [0.15, 0.2) is 146 Å². The van der Waals surface area contributed by atoms with Gasteiger partial charge in [0, 0.05) is 83.5 Å². The number of hydrogen-bond acceptors (Lipinski definition) is 12. The first-order valence-electron chi connectivity index (χ1n) is 38.0. The molecule has 0 bridgehead atoms. The molecule has 24 heteroatoms. The van der Waals surface area contributed by atoms with Crippen molar-refractivity contribution in [1.82, 2.24) is 45.6 Å². The number of aromatic nitrogens is 3. The average molecular weight is 1490 g/mol. The molecule has 9 atom stereocenters. The number of anilines is 3. The van der Waals surface area contributed by atoms with Crippen molar-refractivity contribution in [2.75, 3.05) is 62.1 Å². The van der Waals surface area contributed by atoms with Crippen LogP contribution in [0.5, 0.6) is 0 Å². The third-order valence-electron chi connectivity index (χ3n) is 23.2. The number of hydrogen-bond donors (Lipinski definition) is 9. The summed E-state index contributed by atoms with van der Waals surface area (Å²) in [5.41, 5.74) is 9.07. The second-order valence-electron chi connectivity index (χ2n) is 32.0. The van der Waals surface area contributed by atoms with E-state index in [0.29, 0.717) is 49.2 Å². The second-order valence-corrected chi connectivity index (χ2v) is 32.0. The molecule has 3 fully saturated rings. The minimum atomic E-state index is -0.965. The van der Waals surface area contributed by atoms with E-state index >= 15 is 0 Å². The fourth-order valence-electron chi connectivity index (χ4n) is 17.7. The second kappa shape index (κ2) is 30.7. The summed E-state index contributed by atoms with van der Waals surface area (Å²) in [6, 6.07) is 41.3. The molecule has 9 heterocycles. The van der Waals surface area contributed by atoms with Gasteiger partial charge in [-0.05, 0) is 165 Å². The molecule has 6 aliphatic heterocycles. The third kappa shape index (κ3) is 14.0. The molecule has 15 rings (SSSR count). The van der Waals surface area contributed by atoms with Crippen LogP contribution in [-0.2, 0) is 49.8 Å². The highest BCUT2D eigenvalue weighted by atomic mass is 16.3. The Morgan fingerprint density at radius 3 is 1.19 bits per heavy atom. The molecule has 0 radical (unpaired) electrons. The van der Waals surface area contributed by atoms with Crippen molar-refractivity contribution >= 4 is 109 Å². The zero-order valence-electron chi connectivity index (χ0n) is 64.1. The normalized spacial score (nSPS) is 21.7. The van der Waals surface area contributed by atoms with Crippen LogP contribution in [0, 0.1) is 38.5 Å². The average Bonchev–Trinajstić information content (AvgIpc) is 1.57. The molecule has 3 saturated heterocycles. The number of carbonyl (C=O) groups excluding carboxylic acids is 10. The Labute approximate surface area is 639 Å². The Morgan fingerprint density at radius 1 is 0.464 bits per heavy atom. The van der Waals surface area contributed by atoms with E-state index < -0.39 is 52.5 Å². The molecule has 24 nitrogen and oxygen atoms in total. The number of carbonyl (C=O) groups is 10. The quantitative estimate of drug-likeness (QED) is 0.0363. The predicted molar refractivity (Wildman–Crippen MR) is 422 cm³/mol. The number of likely N-dealkylation sites (N-methyl/N-ethyl adjacent to an activating group) is 2. The SMILES string of the molecule is Cc1cccc2[nH]c(C(=O)N[C@@H](CC(C)C)C(=O)N3C[C@]4(C[C@H]3C=O)C(=O)N(C)c3ccccc34)cc12.Cc1cccc2[nH]c(C(=O)N[C@@H](CC(C)C)C(=O)N3C[C@]4(C[C@H]3CO)C(=O)N(C)c3ccccc34)cc12.Cc1cccc2[nH]c(C(=O)N[C@@H](CC(C)C)C(=O)N3C[C@]4(C[C@H]3CO)C(=O)Nc3ccccc34)cc12. The number of para-hydroxylation sites is 3. The molecular weight excluding hydrogens is 1390 g/mol. The zero-order chi connectivity index (χ0) is 78.6. The molecule has 6 aromatic carbocycles. The van der Waals surface area contributed by atoms with Gasteiger partial charge in [0.1, 0.15) is 41.5 Å². The highest BCUT2D eigenvalue weighted by Crippen LogP contribution is 2.51. The number of fused-ring (bicyclic) bond motifs is 9. The number of rotatable bonds is 18. The number of aromatic amines is 3. The third-order valence-corrected chi connectivity index (χ3v) is 23.2. The molecule has 3 aromatic heterocycles. The van der Waals surface area contributed by atoms with Crippen LogP contribution in [0.25, 0.3) is 32.7 Å². The number of aliphatic hydroxyl groups is 2. The lowest BCUT2D eigenvalue weighted by Crippen LogP contribution is -2.52. The van der Waals surface area contributed by atoms with E-state index in [1.165, 1.54) is 4.90 Å². The number of H-pyrrole nitrogens is 3. The van der Waals surface area contributed by atoms with Crippen molar-refractivity contribution in [2.45, 2.75) is 153 Å². The summed E-state index contributed by atoms with van der Waals surface area (Å²) < 4.78 is 0. The molecular formula is C86H98N12O12. The van der Waals surface area contributed by atoms with Crippen LogP contribution in [0.3, 0.4) is 0 Å². The standard InChI is InChI=1S/C29H34N4O4.C29H32N4O4.C28H32N4O4/c2*1-17(2)12-24(31-26(35)23-13-20-18(3)8-7-10-22(20)30-23)27(36)33-16-29(14-19(33)15-34)21-9-5-6-11-25(21)32(4)28(29)37;1-16(2)11-24(30-25(34)23-12-19-17(3)7-6-10-21(19)29-23)26(35)32-15-28(13-18(32)14-33)20-8-4-5-9-22(20)31-27(28)36/h5-11,13,17,19,24,30,34H,12,14-16H2,1-4H3,(H,31,35);5-11,13,15,17,19,24,30H,12,14,16H2,1-4H3,(H,31,35);4-10,12,16,18,24,29,33H,11,13-15H2,1-3H3,(H,30,34)(H,31,36)/t2*19-,24-,29-;18-,24-,28-/m000/s1. The molecule has 574 valence electrons. The fourth-order valence-corrected chi connectivity index (χ4v) is 17.7. The van der Waals surface area contributed by atoms with Gasteiger partial charge in [0.05, 0.1) is 47.6 Å². The monoisotopic (exact) mass is 1490 g/mol. The van der Waals surface area contributed by atoms with Gasteiger partial charge < -0.3 is 75.7 Å². The van der Waals surface area contributed by atoms with Crippen molar-refractivity contribution in [3.63, 3.8) is 0 Å². The van der Waals surface area contributed by atoms with E-state index in [-0.39, 0.29) is 110 Å². The Kier molecular flexibility index (Phi) is 21.4. The minimum Gasteiger partial charge on any atom is -0.394 e. The molecule has 9 aromatic rings. The lowest BCUT2D eigenvalue weighted by molar-refractivity contribution is -0.137. The van der Waals surface area contributed by atoms with Crippen LogP contribution in [0.4, 0.5) is 17.1 Å². The van der Waals surface area contributed by atoms with Gasteiger partial charge in [-0.2, -0.15) is 0 Å². The number of benzene rings is 6. The molecule has 6 aliphatic rings. The van der Waals surface area contributed by atoms with Crippen molar-refractivity contribution in [1.29, 1.82) is 0 Å². The van der Waals surface area contributed by atoms with Gasteiger partial charge in [0.25, 0.3) is 17.7 Å². The van der Waals surface area contributed by atoms with Gasteiger partial charge in [0.15, 0.2) is 0 Å². The minimum absolute atomic E-state index is 0.0691. The smallest absolute Gasteiger partial charge is 0.268 e. The van der Waals surface area contributed by atoms with Crippen molar-refractivity contribution in [3.05, 3.63) is 196 Å². The highest BCUT2D eigenvalue weighted by molar-refractivity contribution is 6.12. The number of aryl methyl sites for hydroxylation is 3. The maximum Gasteiger partial charge on any atom is 0.268 e. The van der Waals surface area contributed by atoms with Crippen LogP contribution in [0.2, 0.25) is 0 Å². The largest absolute Gasteiger partial charge is 0.394 e. The zero-order valence-corrected chi connectivity index (χ0v) is 64.1. The van der Waals surface area contributed by atoms with Crippen LogP contribution in [-0.4, -0.2) is 183 Å². The summed E-state index contributed by atoms with van der Waals surface area (Å²) in [6.45, 7) is 17.8. The van der Waals surface area contributed by atoms with Crippen LogP contribution in [0.1, 0.15) is 145 Å². The Balaban J connectivity index is 0.000000145. The van der Waals surface area contributed by atoms with E-state index in [4.69, 9.17) is 0 Å². The molecule has 3 spiro atoms. The molecule has 0 unspecified atom stereocenters. The maximum atomic E-state index is 13.9. The number of amides is 9. The van der Waals surface area contributed by atoms with E-state index in [0.717, 1.165) is 89.4 Å². The number of likely N-dealkylation sites (tertiary alicyclic amines) is 3. The summed E-state index contributed by atoms with van der Waals surface area (Å²) in [6.07, 6.45) is 2.94. The maximum absolute atomic E-state index is 13.9. The first-order chi connectivity index (χ1) is 52.5. The lowest BCUT2D eigenvalue weighted by Gasteiger charge is -2.29. The molecule has 110 heavy (non-hydrogen) atoms. The Morgan fingerprint density at radius 2 is 0.809 bits per heavy atom. The fraction of sp³-hybridized carbons (Fsp3) is 0.395. The summed E-state index contributed by atoms with van der Waals surface area (Å²) in [5, 5.41) is 35.0. The predicted octanol–water partition coefficient (Wildman–Crippen LogP) is 9.57. The van der Waals surface area contributed by atoms with Gasteiger partial charge in [-0.15, -0.1) is 0 Å². The number of aliphatic hydroxyl groups excluding tert-OH is 2. The van der Waals surface area contributed by atoms with Gasteiger partial charge in [-0.3, -0.25) is 43.2 Å². The van der Waals surface area contributed by atoms with E-state index in [2.05, 4.69) is 36.2 Å². The van der Waals surface area contributed by atoms with Crippen LogP contribution < -0.4 is 31.1 Å². The molecule has 0 aliphatic carbocycles. The first kappa shape index (κ1) is 76.9. The summed E-state index contributed by atoms with van der Waals surface area (Å²) >= 11 is 0. The summed E-state index contributed by atoms with van der Waals surface area (Å²) in [7, 11) is 3.47. The van der Waals surface area contributed by atoms with E-state index in [1.807, 2.05) is 196 Å². The van der Waals surface area contributed by atoms with Gasteiger partial charge in [-0.25, -0.2) is 0 Å². The van der Waals surface area contributed by atoms with Crippen LogP contribution >= 0.6 is 0 Å². The molecule has 0 saturated carbocycles. The van der Waals surface area contributed by atoms with Gasteiger partial charge >= 0.3 is 0 Å². The molecule has 9 amide bonds. The van der Waals surface area contributed by atoms with E-state index in [9.17, 15) is 58.2 Å². The lowest BCUT2D eigenvalue weighted by atomic mass is 9.79. The van der Waals surface area contributed by atoms with Gasteiger partial charge in [-0.1, -0.05) is 133 Å². The van der Waals surface area contributed by atoms with E-state index in [1.54, 1.807) is 45.8 Å². The van der Waals surface area contributed by atoms with Crippen molar-refractivity contribution < 1.29 is 58.2 Å². The Bertz CT molecular complexity index is 5130.